The first-order valence-corrected chi connectivity index (χ1v) is 14.8. The predicted octanol–water partition coefficient (Wildman–Crippen LogP) is 4.51. The number of nitrogens with one attached hydrogen (secondary N) is 1. The van der Waals surface area contributed by atoms with Crippen molar-refractivity contribution in [3.8, 4) is 5.75 Å². The first-order valence-electron chi connectivity index (χ1n) is 14.5. The van der Waals surface area contributed by atoms with Gasteiger partial charge in [0.1, 0.15) is 17.4 Å². The number of hydrogen-bond donors (Lipinski definition) is 1. The van der Waals surface area contributed by atoms with E-state index in [0.29, 0.717) is 54.0 Å². The van der Waals surface area contributed by atoms with Crippen molar-refractivity contribution >= 4 is 52.4 Å². The smallest absolute Gasteiger partial charge is 0.330 e. The third-order valence-electron chi connectivity index (χ3n) is 8.37. The van der Waals surface area contributed by atoms with Crippen LogP contribution in [0.3, 0.4) is 0 Å². The summed E-state index contributed by atoms with van der Waals surface area (Å²) >= 11 is 6.07. The van der Waals surface area contributed by atoms with Crippen LogP contribution in [-0.4, -0.2) is 91.2 Å². The number of likely N-dealkylation sites (tertiary alicyclic amines) is 1. The monoisotopic (exact) mass is 620 g/mol. The molecule has 44 heavy (non-hydrogen) atoms. The summed E-state index contributed by atoms with van der Waals surface area (Å²) in [5.74, 6) is 0.615. The van der Waals surface area contributed by atoms with E-state index in [1.807, 2.05) is 18.2 Å². The molecule has 0 radical (unpaired) electrons. The van der Waals surface area contributed by atoms with E-state index in [-0.39, 0.29) is 29.5 Å². The van der Waals surface area contributed by atoms with Gasteiger partial charge in [-0.25, -0.2) is 14.2 Å². The predicted molar refractivity (Wildman–Crippen MR) is 169 cm³/mol. The Kier molecular flexibility index (Phi) is 8.28. The van der Waals surface area contributed by atoms with Crippen LogP contribution in [0.15, 0.2) is 55.3 Å². The van der Waals surface area contributed by atoms with E-state index >= 15 is 0 Å². The fourth-order valence-electron chi connectivity index (χ4n) is 5.87. The molecule has 3 aliphatic heterocycles. The van der Waals surface area contributed by atoms with Crippen LogP contribution >= 0.6 is 11.6 Å². The molecule has 3 aliphatic rings. The number of rotatable bonds is 7. The molecule has 1 N–H and O–H groups in total. The molecule has 2 aromatic carbocycles. The molecule has 11 nitrogen and oxygen atoms in total. The summed E-state index contributed by atoms with van der Waals surface area (Å²) in [7, 11) is 3.74. The molecule has 6 rings (SSSR count). The molecule has 0 unspecified atom stereocenters. The summed E-state index contributed by atoms with van der Waals surface area (Å²) in [6, 6.07) is 9.46. The van der Waals surface area contributed by atoms with E-state index in [2.05, 4.69) is 33.7 Å². The van der Waals surface area contributed by atoms with Gasteiger partial charge in [0.05, 0.1) is 30.4 Å². The molecule has 3 amide bonds. The number of likely N-dealkylation sites (N-methyl/N-ethyl adjacent to an activating group) is 1. The SMILES string of the molecule is C=CC(=O)N1CC[C@H](N2C(=O)N(c3ccc(F)c(Cl)c3)Cc3cnc(Nc4ccc(N5CCN(C)CC5)cc4OC)nc32)C1. The Balaban J connectivity index is 1.31. The third-order valence-corrected chi connectivity index (χ3v) is 8.65. The number of carbonyl (C=O) groups excluding carboxylic acids is 2. The lowest BCUT2D eigenvalue weighted by atomic mass is 10.1. The maximum Gasteiger partial charge on any atom is 0.330 e. The molecule has 13 heteroatoms. The van der Waals surface area contributed by atoms with Crippen molar-refractivity contribution in [3.63, 3.8) is 0 Å². The summed E-state index contributed by atoms with van der Waals surface area (Å²) < 4.78 is 19.7. The van der Waals surface area contributed by atoms with Crippen molar-refractivity contribution in [2.45, 2.75) is 19.0 Å². The van der Waals surface area contributed by atoms with E-state index in [1.165, 1.54) is 29.2 Å². The number of hydrogen-bond acceptors (Lipinski definition) is 8. The zero-order valence-electron chi connectivity index (χ0n) is 24.7. The number of amides is 3. The number of ether oxygens (including phenoxy) is 1. The Morgan fingerprint density at radius 2 is 1.91 bits per heavy atom. The lowest BCUT2D eigenvalue weighted by molar-refractivity contribution is -0.125. The topological polar surface area (TPSA) is 97.4 Å². The van der Waals surface area contributed by atoms with Crippen LogP contribution in [-0.2, 0) is 11.3 Å². The molecule has 1 aromatic heterocycles. The first-order chi connectivity index (χ1) is 21.2. The van der Waals surface area contributed by atoms with E-state index in [9.17, 15) is 14.0 Å². The number of benzene rings is 2. The Morgan fingerprint density at radius 3 is 2.64 bits per heavy atom. The fraction of sp³-hybridized carbons (Fsp3) is 0.355. The highest BCUT2D eigenvalue weighted by atomic mass is 35.5. The van der Waals surface area contributed by atoms with Gasteiger partial charge in [0.15, 0.2) is 0 Å². The zero-order chi connectivity index (χ0) is 31.0. The molecule has 1 atom stereocenters. The summed E-state index contributed by atoms with van der Waals surface area (Å²) in [6.45, 7) is 8.41. The minimum atomic E-state index is -0.572. The summed E-state index contributed by atoms with van der Waals surface area (Å²) in [6.07, 6.45) is 3.50. The van der Waals surface area contributed by atoms with Crippen LogP contribution < -0.4 is 24.8 Å². The number of halogens is 2. The van der Waals surface area contributed by atoms with Gasteiger partial charge in [-0.15, -0.1) is 0 Å². The van der Waals surface area contributed by atoms with Crippen molar-refractivity contribution in [3.05, 3.63) is 71.7 Å². The number of aromatic nitrogens is 2. The number of methoxy groups -OCH3 is 1. The second kappa shape index (κ2) is 12.3. The summed E-state index contributed by atoms with van der Waals surface area (Å²) in [4.78, 5) is 45.2. The van der Waals surface area contributed by atoms with Crippen LogP contribution in [0.25, 0.3) is 0 Å². The highest BCUT2D eigenvalue weighted by Gasteiger charge is 2.41. The number of fused-ring (bicyclic) bond motifs is 1. The van der Waals surface area contributed by atoms with Crippen LogP contribution in [0.4, 0.5) is 38.0 Å². The molecule has 0 bridgehead atoms. The largest absolute Gasteiger partial charge is 0.494 e. The molecule has 0 aliphatic carbocycles. The Morgan fingerprint density at radius 1 is 1.14 bits per heavy atom. The van der Waals surface area contributed by atoms with E-state index in [4.69, 9.17) is 21.3 Å². The van der Waals surface area contributed by atoms with Crippen LogP contribution in [0.1, 0.15) is 12.0 Å². The first kappa shape index (κ1) is 29.6. The number of carbonyl (C=O) groups is 2. The minimum Gasteiger partial charge on any atom is -0.494 e. The number of anilines is 5. The normalized spacial score (nSPS) is 18.8. The molecule has 230 valence electrons. The van der Waals surface area contributed by atoms with Gasteiger partial charge >= 0.3 is 6.03 Å². The molecular weight excluding hydrogens is 587 g/mol. The van der Waals surface area contributed by atoms with Gasteiger partial charge in [-0.05, 0) is 49.9 Å². The quantitative estimate of drug-likeness (QED) is 0.386. The van der Waals surface area contributed by atoms with E-state index in [0.717, 1.165) is 31.9 Å². The van der Waals surface area contributed by atoms with Crippen molar-refractivity contribution in [1.82, 2.24) is 19.8 Å². The van der Waals surface area contributed by atoms with Crippen LogP contribution in [0.2, 0.25) is 5.02 Å². The van der Waals surface area contributed by atoms with Gasteiger partial charge in [0, 0.05) is 68.5 Å². The van der Waals surface area contributed by atoms with E-state index < -0.39 is 5.82 Å². The van der Waals surface area contributed by atoms with Crippen LogP contribution in [0, 0.1) is 5.82 Å². The Hall–Kier alpha value is -4.42. The van der Waals surface area contributed by atoms with Crippen LogP contribution in [0.5, 0.6) is 5.75 Å². The number of nitrogens with zero attached hydrogens (tertiary/aromatic N) is 7. The summed E-state index contributed by atoms with van der Waals surface area (Å²) in [5.41, 5.74) is 2.90. The van der Waals surface area contributed by atoms with Gasteiger partial charge in [0.25, 0.3) is 0 Å². The number of piperazine rings is 1. The Bertz CT molecular complexity index is 1600. The second-order valence-electron chi connectivity index (χ2n) is 11.1. The second-order valence-corrected chi connectivity index (χ2v) is 11.5. The standard InChI is InChI=1S/C31H34ClFN8O3/c1-4-28(42)39-10-9-23(19-39)41-29-20(18-40(31(41)43)22-5-7-25(33)24(32)15-22)17-34-30(36-29)35-26-8-6-21(16-27(26)44-3)38-13-11-37(2)12-14-38/h4-8,15-17,23H,1,9-14,18-19H2,2-3H3,(H,34,35,36)/t23-/m0/s1. The summed E-state index contributed by atoms with van der Waals surface area (Å²) in [5, 5.41) is 3.18. The average molecular weight is 621 g/mol. The highest BCUT2D eigenvalue weighted by molar-refractivity contribution is 6.31. The average Bonchev–Trinajstić information content (AvgIpc) is 3.52. The Labute approximate surface area is 260 Å². The molecule has 4 heterocycles. The minimum absolute atomic E-state index is 0.0837. The molecule has 0 spiro atoms. The van der Waals surface area contributed by atoms with Crippen molar-refractivity contribution in [2.75, 3.05) is 73.4 Å². The lowest BCUT2D eigenvalue weighted by Gasteiger charge is -2.39. The molecular formula is C31H34ClFN8O3. The van der Waals surface area contributed by atoms with Gasteiger partial charge < -0.3 is 24.8 Å². The van der Waals surface area contributed by atoms with Crippen molar-refractivity contribution in [1.29, 1.82) is 0 Å². The zero-order valence-corrected chi connectivity index (χ0v) is 25.4. The molecule has 2 fully saturated rings. The number of urea groups is 1. The van der Waals surface area contributed by atoms with Gasteiger partial charge in [-0.1, -0.05) is 18.2 Å². The van der Waals surface area contributed by atoms with Gasteiger partial charge in [0.2, 0.25) is 11.9 Å². The van der Waals surface area contributed by atoms with Gasteiger partial charge in [-0.2, -0.15) is 4.98 Å². The van der Waals surface area contributed by atoms with E-state index in [1.54, 1.807) is 23.1 Å². The molecule has 2 saturated heterocycles. The van der Waals surface area contributed by atoms with Crippen molar-refractivity contribution in [2.24, 2.45) is 0 Å². The third kappa shape index (κ3) is 5.74. The van der Waals surface area contributed by atoms with Crippen molar-refractivity contribution < 1.29 is 18.7 Å². The molecule has 0 saturated carbocycles. The lowest BCUT2D eigenvalue weighted by Crippen LogP contribution is -2.53. The van der Waals surface area contributed by atoms with Gasteiger partial charge in [-0.3, -0.25) is 14.6 Å². The molecule has 3 aromatic rings. The maximum atomic E-state index is 14.1. The maximum absolute atomic E-state index is 14.1. The highest BCUT2D eigenvalue weighted by Crippen LogP contribution is 2.37. The fourth-order valence-corrected chi connectivity index (χ4v) is 6.04.